The van der Waals surface area contributed by atoms with Gasteiger partial charge in [0.05, 0.1) is 22.5 Å². The molecule has 1 aromatic heterocycles. The van der Waals surface area contributed by atoms with E-state index in [-0.39, 0.29) is 22.0 Å². The molecule has 3 aromatic rings. The molecule has 204 valence electrons. The number of amides is 2. The Morgan fingerprint density at radius 3 is 2.36 bits per heavy atom. The van der Waals surface area contributed by atoms with Gasteiger partial charge in [-0.3, -0.25) is 14.4 Å². The van der Waals surface area contributed by atoms with Gasteiger partial charge in [-0.25, -0.2) is 9.18 Å². The van der Waals surface area contributed by atoms with Crippen molar-refractivity contribution in [3.63, 3.8) is 0 Å². The maximum Gasteiger partial charge on any atom is 0.341 e. The van der Waals surface area contributed by atoms with E-state index >= 15 is 0 Å². The van der Waals surface area contributed by atoms with Crippen LogP contribution >= 0.6 is 11.3 Å². The lowest BCUT2D eigenvalue weighted by Gasteiger charge is -2.27. The van der Waals surface area contributed by atoms with Crippen LogP contribution in [0.2, 0.25) is 0 Å². The van der Waals surface area contributed by atoms with Crippen LogP contribution in [-0.2, 0) is 24.5 Å². The molecular weight excluding hydrogens is 523 g/mol. The minimum absolute atomic E-state index is 0.0618. The van der Waals surface area contributed by atoms with Gasteiger partial charge in [-0.2, -0.15) is 0 Å². The van der Waals surface area contributed by atoms with E-state index in [0.717, 1.165) is 24.2 Å². The molecule has 0 saturated heterocycles. The van der Waals surface area contributed by atoms with E-state index in [2.05, 4.69) is 10.6 Å². The first-order valence-electron chi connectivity index (χ1n) is 12.6. The first kappa shape index (κ1) is 28.0. The molecule has 0 radical (unpaired) electrons. The summed E-state index contributed by atoms with van der Waals surface area (Å²) in [7, 11) is 0. The van der Waals surface area contributed by atoms with Crippen LogP contribution in [0, 0.1) is 12.7 Å². The fourth-order valence-corrected chi connectivity index (χ4v) is 5.89. The van der Waals surface area contributed by atoms with Crippen LogP contribution in [0.5, 0.6) is 0 Å². The lowest BCUT2D eigenvalue weighted by Crippen LogP contribution is -2.36. The van der Waals surface area contributed by atoms with Crippen LogP contribution in [0.25, 0.3) is 0 Å². The van der Waals surface area contributed by atoms with Crippen LogP contribution < -0.4 is 10.6 Å². The Balaban J connectivity index is 1.50. The summed E-state index contributed by atoms with van der Waals surface area (Å²) in [5.74, 6) is -2.86. The van der Waals surface area contributed by atoms with Crippen molar-refractivity contribution in [3.05, 3.63) is 82.0 Å². The van der Waals surface area contributed by atoms with Crippen LogP contribution in [0.1, 0.15) is 63.8 Å². The van der Waals surface area contributed by atoms with Crippen LogP contribution in [-0.4, -0.2) is 37.0 Å². The topological polar surface area (TPSA) is 111 Å². The predicted octanol–water partition coefficient (Wildman–Crippen LogP) is 5.62. The van der Waals surface area contributed by atoms with Gasteiger partial charge in [0.1, 0.15) is 10.8 Å². The zero-order valence-corrected chi connectivity index (χ0v) is 22.5. The third kappa shape index (κ3) is 6.17. The number of ether oxygens (including phenoxy) is 2. The van der Waals surface area contributed by atoms with E-state index in [4.69, 9.17) is 9.47 Å². The molecule has 0 atom stereocenters. The second-order valence-corrected chi connectivity index (χ2v) is 10.2. The number of carbonyl (C=O) groups excluding carboxylic acids is 4. The summed E-state index contributed by atoms with van der Waals surface area (Å²) in [6.07, 6.45) is 2.55. The molecule has 1 saturated carbocycles. The Morgan fingerprint density at radius 2 is 1.69 bits per heavy atom. The molecule has 1 fully saturated rings. The molecule has 8 nitrogen and oxygen atoms in total. The molecule has 1 heterocycles. The summed E-state index contributed by atoms with van der Waals surface area (Å²) in [5.41, 5.74) is 0.505. The Bertz CT molecular complexity index is 1380. The summed E-state index contributed by atoms with van der Waals surface area (Å²) >= 11 is 0.926. The zero-order valence-electron chi connectivity index (χ0n) is 21.7. The highest BCUT2D eigenvalue weighted by molar-refractivity contribution is 7.19. The number of anilines is 2. The second-order valence-electron chi connectivity index (χ2n) is 9.22. The predicted molar refractivity (Wildman–Crippen MR) is 146 cm³/mol. The monoisotopic (exact) mass is 552 g/mol. The van der Waals surface area contributed by atoms with Gasteiger partial charge < -0.3 is 20.1 Å². The average Bonchev–Trinajstić information content (AvgIpc) is 3.54. The first-order valence-corrected chi connectivity index (χ1v) is 13.5. The van der Waals surface area contributed by atoms with Gasteiger partial charge in [-0.1, -0.05) is 43.2 Å². The molecule has 2 N–H and O–H groups in total. The molecule has 2 amide bonds. The number of hydrogen-bond acceptors (Lipinski definition) is 7. The maximum absolute atomic E-state index is 13.9. The number of benzene rings is 2. The number of rotatable bonds is 9. The normalized spacial score (nSPS) is 13.9. The van der Waals surface area contributed by atoms with E-state index in [1.807, 2.05) is 6.07 Å². The molecule has 0 bridgehead atoms. The Kier molecular flexibility index (Phi) is 8.75. The summed E-state index contributed by atoms with van der Waals surface area (Å²) < 4.78 is 24.5. The fraction of sp³-hybridized carbons (Fsp3) is 0.310. The maximum atomic E-state index is 13.9. The largest absolute Gasteiger partial charge is 0.462 e. The average molecular weight is 553 g/mol. The van der Waals surface area contributed by atoms with Crippen molar-refractivity contribution in [2.45, 2.75) is 44.9 Å². The van der Waals surface area contributed by atoms with Crippen molar-refractivity contribution >= 4 is 45.8 Å². The van der Waals surface area contributed by atoms with Crippen molar-refractivity contribution in [3.8, 4) is 0 Å². The van der Waals surface area contributed by atoms with Crippen LogP contribution in [0.3, 0.4) is 0 Å². The standard InChI is InChI=1S/C29H29FN2O6S/c1-3-37-27(35)23-18(2)24(25(34)31-21-12-5-4-6-13-21)39-26(23)32-22(33)17-38-28(36)29(14-7-8-15-29)19-10-9-11-20(30)16-19/h4-6,9-13,16H,3,7-8,14-15,17H2,1-2H3,(H,31,34)(H,32,33). The van der Waals surface area contributed by atoms with Gasteiger partial charge in [0.15, 0.2) is 6.61 Å². The van der Waals surface area contributed by atoms with Gasteiger partial charge in [0.2, 0.25) is 0 Å². The Labute approximate surface area is 229 Å². The summed E-state index contributed by atoms with van der Waals surface area (Å²) in [5, 5.41) is 5.48. The first-order chi connectivity index (χ1) is 18.7. The molecule has 10 heteroatoms. The minimum Gasteiger partial charge on any atom is -0.462 e. The van der Waals surface area contributed by atoms with Crippen molar-refractivity contribution in [1.29, 1.82) is 0 Å². The Morgan fingerprint density at radius 1 is 0.974 bits per heavy atom. The van der Waals surface area contributed by atoms with Crippen molar-refractivity contribution in [2.75, 3.05) is 23.8 Å². The van der Waals surface area contributed by atoms with E-state index in [1.165, 1.54) is 12.1 Å². The third-order valence-electron chi connectivity index (χ3n) is 6.68. The SMILES string of the molecule is CCOC(=O)c1c(NC(=O)COC(=O)C2(c3cccc(F)c3)CCCC2)sc(C(=O)Nc2ccccc2)c1C. The molecular formula is C29H29FN2O6S. The second kappa shape index (κ2) is 12.2. The van der Waals surface area contributed by atoms with Gasteiger partial charge >= 0.3 is 11.9 Å². The number of esters is 2. The van der Waals surface area contributed by atoms with Crippen molar-refractivity contribution in [1.82, 2.24) is 0 Å². The summed E-state index contributed by atoms with van der Waals surface area (Å²) in [6.45, 7) is 2.74. The van der Waals surface area contributed by atoms with Crippen LogP contribution in [0.4, 0.5) is 15.1 Å². The summed E-state index contributed by atoms with van der Waals surface area (Å²) in [4.78, 5) is 51.9. The Hall–Kier alpha value is -4.05. The molecule has 0 aliphatic heterocycles. The van der Waals surface area contributed by atoms with Crippen LogP contribution in [0.15, 0.2) is 54.6 Å². The summed E-state index contributed by atoms with van der Waals surface area (Å²) in [6, 6.07) is 14.7. The van der Waals surface area contributed by atoms with Crippen molar-refractivity contribution in [2.24, 2.45) is 0 Å². The van der Waals surface area contributed by atoms with E-state index < -0.39 is 41.6 Å². The molecule has 0 spiro atoms. The number of hydrogen-bond donors (Lipinski definition) is 2. The quantitative estimate of drug-likeness (QED) is 0.334. The van der Waals surface area contributed by atoms with E-state index in [0.29, 0.717) is 29.7 Å². The molecule has 1 aliphatic rings. The number of para-hydroxylation sites is 1. The zero-order chi connectivity index (χ0) is 28.0. The smallest absolute Gasteiger partial charge is 0.341 e. The van der Waals surface area contributed by atoms with Crippen molar-refractivity contribution < 1.29 is 33.0 Å². The lowest BCUT2D eigenvalue weighted by molar-refractivity contribution is -0.153. The third-order valence-corrected chi connectivity index (χ3v) is 7.88. The van der Waals surface area contributed by atoms with E-state index in [1.54, 1.807) is 50.2 Å². The van der Waals surface area contributed by atoms with Gasteiger partial charge in [0.25, 0.3) is 11.8 Å². The minimum atomic E-state index is -1.01. The highest BCUT2D eigenvalue weighted by Gasteiger charge is 2.44. The number of nitrogens with one attached hydrogen (secondary N) is 2. The van der Waals surface area contributed by atoms with Gasteiger partial charge in [-0.05, 0) is 62.1 Å². The molecule has 4 rings (SSSR count). The number of thiophene rings is 1. The highest BCUT2D eigenvalue weighted by atomic mass is 32.1. The number of halogens is 1. The number of carbonyl (C=O) groups is 4. The molecule has 0 unspecified atom stereocenters. The molecule has 2 aromatic carbocycles. The van der Waals surface area contributed by atoms with Gasteiger partial charge in [0, 0.05) is 5.69 Å². The highest BCUT2D eigenvalue weighted by Crippen LogP contribution is 2.42. The van der Waals surface area contributed by atoms with E-state index in [9.17, 15) is 23.6 Å². The fourth-order valence-electron chi connectivity index (χ4n) is 4.78. The lowest BCUT2D eigenvalue weighted by atomic mass is 9.79. The van der Waals surface area contributed by atoms with Gasteiger partial charge in [-0.15, -0.1) is 11.3 Å². The molecule has 39 heavy (non-hydrogen) atoms. The molecule has 1 aliphatic carbocycles.